The quantitative estimate of drug-likeness (QED) is 0.449. The van der Waals surface area contributed by atoms with Crippen LogP contribution in [0.25, 0.3) is 11.4 Å². The van der Waals surface area contributed by atoms with Gasteiger partial charge in [-0.25, -0.2) is 0 Å². The number of rotatable bonds is 2. The molecule has 0 atom stereocenters. The molecule has 8 heteroatoms. The molecule has 6 nitrogen and oxygen atoms in total. The lowest BCUT2D eigenvalue weighted by molar-refractivity contribution is 0.739. The van der Waals surface area contributed by atoms with Gasteiger partial charge in [0.25, 0.3) is 11.1 Å². The third-order valence-corrected chi connectivity index (χ3v) is 6.74. The van der Waals surface area contributed by atoms with E-state index in [1.807, 2.05) is 60.7 Å². The van der Waals surface area contributed by atoms with E-state index in [0.29, 0.717) is 31.0 Å². The molecule has 28 heavy (non-hydrogen) atoms. The molecule has 0 amide bonds. The molecule has 0 unspecified atom stereocenters. The standard InChI is InChI=1S/C20H12N4O2S2/c25-19-17-15(11-21-23(19)13-7-3-1-4-8-13)28-18-16(27-17)12-22-24(20(18)26)14-9-5-2-6-10-14/h1-12H. The molecule has 5 rings (SSSR count). The second-order valence-electron chi connectivity index (χ2n) is 5.99. The minimum atomic E-state index is -0.209. The maximum atomic E-state index is 13.0. The summed E-state index contributed by atoms with van der Waals surface area (Å²) in [5.74, 6) is 0. The highest BCUT2D eigenvalue weighted by molar-refractivity contribution is 8.05. The van der Waals surface area contributed by atoms with Crippen LogP contribution in [0.5, 0.6) is 0 Å². The van der Waals surface area contributed by atoms with Crippen LogP contribution in [-0.2, 0) is 0 Å². The second-order valence-corrected chi connectivity index (χ2v) is 8.09. The number of benzene rings is 2. The molecule has 136 valence electrons. The fraction of sp³-hybridized carbons (Fsp3) is 0. The lowest BCUT2D eigenvalue weighted by Crippen LogP contribution is -2.27. The van der Waals surface area contributed by atoms with Crippen LogP contribution in [0.3, 0.4) is 0 Å². The van der Waals surface area contributed by atoms with Crippen molar-refractivity contribution < 1.29 is 0 Å². The lowest BCUT2D eigenvalue weighted by Gasteiger charge is -2.18. The van der Waals surface area contributed by atoms with Crippen molar-refractivity contribution in [3.8, 4) is 11.4 Å². The molecule has 2 aromatic heterocycles. The van der Waals surface area contributed by atoms with Crippen molar-refractivity contribution in [2.45, 2.75) is 19.6 Å². The average molecular weight is 404 g/mol. The van der Waals surface area contributed by atoms with Gasteiger partial charge in [0.05, 0.1) is 43.4 Å². The summed E-state index contributed by atoms with van der Waals surface area (Å²) in [4.78, 5) is 28.4. The zero-order chi connectivity index (χ0) is 19.1. The molecule has 1 aliphatic rings. The van der Waals surface area contributed by atoms with E-state index in [4.69, 9.17) is 0 Å². The summed E-state index contributed by atoms with van der Waals surface area (Å²) >= 11 is 2.53. The molecule has 0 fully saturated rings. The molecule has 2 aromatic carbocycles. The van der Waals surface area contributed by atoms with Gasteiger partial charge in [-0.2, -0.15) is 19.6 Å². The Hall–Kier alpha value is -3.10. The smallest absolute Gasteiger partial charge is 0.266 e. The first-order chi connectivity index (χ1) is 13.7. The molecule has 0 saturated carbocycles. The average Bonchev–Trinajstić information content (AvgIpc) is 2.75. The van der Waals surface area contributed by atoms with E-state index in [0.717, 1.165) is 0 Å². The van der Waals surface area contributed by atoms with E-state index in [1.165, 1.54) is 32.9 Å². The monoisotopic (exact) mass is 404 g/mol. The van der Waals surface area contributed by atoms with Crippen LogP contribution in [-0.4, -0.2) is 19.6 Å². The second kappa shape index (κ2) is 6.81. The van der Waals surface area contributed by atoms with Crippen LogP contribution in [0, 0.1) is 0 Å². The highest BCUT2D eigenvalue weighted by atomic mass is 32.2. The Morgan fingerprint density at radius 2 is 1.00 bits per heavy atom. The number of aromatic nitrogens is 4. The largest absolute Gasteiger partial charge is 0.286 e. The van der Waals surface area contributed by atoms with Crippen LogP contribution in [0.4, 0.5) is 0 Å². The molecule has 0 bridgehead atoms. The van der Waals surface area contributed by atoms with Crippen molar-refractivity contribution in [2.75, 3.05) is 0 Å². The Balaban J connectivity index is 1.60. The Morgan fingerprint density at radius 1 is 0.607 bits per heavy atom. The van der Waals surface area contributed by atoms with Crippen LogP contribution >= 0.6 is 23.5 Å². The normalized spacial score (nSPS) is 12.3. The van der Waals surface area contributed by atoms with Crippen molar-refractivity contribution in [2.24, 2.45) is 0 Å². The van der Waals surface area contributed by atoms with Crippen molar-refractivity contribution in [3.05, 3.63) is 93.8 Å². The number of para-hydroxylation sites is 2. The van der Waals surface area contributed by atoms with Gasteiger partial charge < -0.3 is 0 Å². The van der Waals surface area contributed by atoms with Crippen LogP contribution < -0.4 is 11.1 Å². The molecule has 3 heterocycles. The fourth-order valence-electron chi connectivity index (χ4n) is 2.91. The van der Waals surface area contributed by atoms with Gasteiger partial charge in [-0.15, -0.1) is 0 Å². The molecular formula is C20H12N4O2S2. The summed E-state index contributed by atoms with van der Waals surface area (Å²) in [7, 11) is 0. The summed E-state index contributed by atoms with van der Waals surface area (Å²) in [5, 5.41) is 8.58. The molecular weight excluding hydrogens is 392 g/mol. The first kappa shape index (κ1) is 17.0. The van der Waals surface area contributed by atoms with Gasteiger partial charge in [-0.05, 0) is 24.3 Å². The van der Waals surface area contributed by atoms with Gasteiger partial charge in [0.1, 0.15) is 0 Å². The summed E-state index contributed by atoms with van der Waals surface area (Å²) in [5.41, 5.74) is 0.979. The van der Waals surface area contributed by atoms with E-state index < -0.39 is 0 Å². The highest BCUT2D eigenvalue weighted by Gasteiger charge is 2.25. The molecule has 0 radical (unpaired) electrons. The third kappa shape index (κ3) is 2.78. The maximum absolute atomic E-state index is 13.0. The first-order valence-electron chi connectivity index (χ1n) is 8.43. The highest BCUT2D eigenvalue weighted by Crippen LogP contribution is 2.44. The number of hydrogen-bond donors (Lipinski definition) is 0. The topological polar surface area (TPSA) is 69.8 Å². The Morgan fingerprint density at radius 3 is 1.39 bits per heavy atom. The fourth-order valence-corrected chi connectivity index (χ4v) is 5.06. The first-order valence-corrected chi connectivity index (χ1v) is 10.1. The van der Waals surface area contributed by atoms with Gasteiger partial charge in [0.15, 0.2) is 0 Å². The third-order valence-electron chi connectivity index (χ3n) is 4.23. The number of hydrogen-bond acceptors (Lipinski definition) is 6. The van der Waals surface area contributed by atoms with Gasteiger partial charge >= 0.3 is 0 Å². The Kier molecular flexibility index (Phi) is 4.14. The van der Waals surface area contributed by atoms with Crippen molar-refractivity contribution >= 4 is 23.5 Å². The minimum absolute atomic E-state index is 0.209. The van der Waals surface area contributed by atoms with E-state index in [-0.39, 0.29) is 11.1 Å². The predicted molar refractivity (Wildman–Crippen MR) is 108 cm³/mol. The molecule has 4 aromatic rings. The molecule has 1 aliphatic heterocycles. The molecule has 0 saturated heterocycles. The van der Waals surface area contributed by atoms with Crippen LogP contribution in [0.2, 0.25) is 0 Å². The maximum Gasteiger partial charge on any atom is 0.286 e. The summed E-state index contributed by atoms with van der Waals surface area (Å²) in [6, 6.07) is 18.5. The van der Waals surface area contributed by atoms with Gasteiger partial charge in [-0.1, -0.05) is 59.9 Å². The zero-order valence-corrected chi connectivity index (χ0v) is 16.0. The van der Waals surface area contributed by atoms with Crippen molar-refractivity contribution in [1.29, 1.82) is 0 Å². The van der Waals surface area contributed by atoms with E-state index in [9.17, 15) is 9.59 Å². The summed E-state index contributed by atoms with van der Waals surface area (Å²) < 4.78 is 2.74. The van der Waals surface area contributed by atoms with Crippen molar-refractivity contribution in [3.63, 3.8) is 0 Å². The zero-order valence-electron chi connectivity index (χ0n) is 14.4. The van der Waals surface area contributed by atoms with E-state index in [2.05, 4.69) is 10.2 Å². The van der Waals surface area contributed by atoms with Crippen molar-refractivity contribution in [1.82, 2.24) is 19.6 Å². The van der Waals surface area contributed by atoms with Crippen LogP contribution in [0.15, 0.2) is 102 Å². The molecule has 0 aliphatic carbocycles. The van der Waals surface area contributed by atoms with Gasteiger partial charge in [0, 0.05) is 0 Å². The minimum Gasteiger partial charge on any atom is -0.266 e. The van der Waals surface area contributed by atoms with Crippen LogP contribution in [0.1, 0.15) is 0 Å². The van der Waals surface area contributed by atoms with Gasteiger partial charge in [-0.3, -0.25) is 9.59 Å². The van der Waals surface area contributed by atoms with E-state index >= 15 is 0 Å². The Bertz CT molecular complexity index is 1200. The SMILES string of the molecule is O=c1c2c(cnn1-c1ccccc1)Sc1c(cnn(-c3ccccc3)c1=O)S2. The summed E-state index contributed by atoms with van der Waals surface area (Å²) in [6.45, 7) is 0. The van der Waals surface area contributed by atoms with E-state index in [1.54, 1.807) is 12.4 Å². The summed E-state index contributed by atoms with van der Waals surface area (Å²) in [6.07, 6.45) is 3.27. The lowest BCUT2D eigenvalue weighted by atomic mass is 10.3. The predicted octanol–water partition coefficient (Wildman–Crippen LogP) is 3.39. The molecule has 0 N–H and O–H groups in total. The Labute approximate surface area is 167 Å². The van der Waals surface area contributed by atoms with Gasteiger partial charge in [0.2, 0.25) is 0 Å². The molecule has 0 spiro atoms. The number of nitrogens with zero attached hydrogens (tertiary/aromatic N) is 4. The number of fused-ring (bicyclic) bond motifs is 2.